The first-order valence-electron chi connectivity index (χ1n) is 10.5. The maximum absolute atomic E-state index is 10.5. The van der Waals surface area contributed by atoms with Crippen LogP contribution in [0, 0.1) is 0 Å². The molecule has 0 aromatic rings. The molecule has 2 aliphatic rings. The van der Waals surface area contributed by atoms with Crippen LogP contribution in [-0.4, -0.2) is 79.1 Å². The highest BCUT2D eigenvalue weighted by Crippen LogP contribution is 2.40. The van der Waals surface area contributed by atoms with Crippen molar-refractivity contribution in [3.8, 4) is 0 Å². The Morgan fingerprint density at radius 2 is 0.929 bits per heavy atom. The maximum Gasteiger partial charge on any atom is 0.105 e. The molecule has 28 heavy (non-hydrogen) atoms. The van der Waals surface area contributed by atoms with Gasteiger partial charge in [0.2, 0.25) is 0 Å². The van der Waals surface area contributed by atoms with E-state index in [0.29, 0.717) is 25.7 Å². The molecule has 7 heteroatoms. The third-order valence-electron chi connectivity index (χ3n) is 5.93. The standard InChI is InChI=1S/C21H42N2O5/c1-18(2)9-15(24)10-19(3,4)22(18)27-13-17(26)14-28-23-20(5,6)11-16(25)12-21(23,7)8/h15-17,24-26H,9-14H2,1-8H3. The quantitative estimate of drug-likeness (QED) is 0.628. The van der Waals surface area contributed by atoms with E-state index in [-0.39, 0.29) is 47.6 Å². The number of aliphatic hydroxyl groups is 3. The number of rotatable bonds is 6. The first-order valence-corrected chi connectivity index (χ1v) is 10.5. The summed E-state index contributed by atoms with van der Waals surface area (Å²) in [6.45, 7) is 16.6. The van der Waals surface area contributed by atoms with Crippen molar-refractivity contribution in [2.75, 3.05) is 13.2 Å². The first kappa shape index (κ1) is 24.0. The summed E-state index contributed by atoms with van der Waals surface area (Å²) < 4.78 is 0. The van der Waals surface area contributed by atoms with E-state index >= 15 is 0 Å². The molecular formula is C21H42N2O5. The van der Waals surface area contributed by atoms with Crippen LogP contribution in [0.5, 0.6) is 0 Å². The van der Waals surface area contributed by atoms with Gasteiger partial charge in [0, 0.05) is 22.2 Å². The van der Waals surface area contributed by atoms with Crippen molar-refractivity contribution >= 4 is 0 Å². The van der Waals surface area contributed by atoms with E-state index in [2.05, 4.69) is 0 Å². The Morgan fingerprint density at radius 1 is 0.679 bits per heavy atom. The average molecular weight is 403 g/mol. The molecule has 0 saturated carbocycles. The SMILES string of the molecule is CC1(C)CC(O)CC(C)(C)N1OCC(O)CON1C(C)(C)CC(O)CC1(C)C. The number of hydroxylamine groups is 4. The van der Waals surface area contributed by atoms with Crippen LogP contribution in [0.1, 0.15) is 81.1 Å². The van der Waals surface area contributed by atoms with Gasteiger partial charge in [-0.15, -0.1) is 0 Å². The normalized spacial score (nSPS) is 28.7. The molecule has 2 rings (SSSR count). The van der Waals surface area contributed by atoms with Gasteiger partial charge in [0.1, 0.15) is 6.10 Å². The van der Waals surface area contributed by atoms with E-state index in [1.54, 1.807) is 0 Å². The summed E-state index contributed by atoms with van der Waals surface area (Å²) in [6.07, 6.45) is 1.03. The number of aliphatic hydroxyl groups excluding tert-OH is 3. The van der Waals surface area contributed by atoms with Crippen molar-refractivity contribution in [2.24, 2.45) is 0 Å². The van der Waals surface area contributed by atoms with Crippen molar-refractivity contribution in [3.05, 3.63) is 0 Å². The van der Waals surface area contributed by atoms with Crippen molar-refractivity contribution in [2.45, 2.75) is 122 Å². The molecule has 0 atom stereocenters. The summed E-state index contributed by atoms with van der Waals surface area (Å²) in [5, 5.41) is 34.6. The summed E-state index contributed by atoms with van der Waals surface area (Å²) in [4.78, 5) is 12.0. The minimum Gasteiger partial charge on any atom is -0.393 e. The van der Waals surface area contributed by atoms with Gasteiger partial charge < -0.3 is 15.3 Å². The van der Waals surface area contributed by atoms with E-state index in [1.165, 1.54) is 0 Å². The van der Waals surface area contributed by atoms with Crippen LogP contribution in [0.2, 0.25) is 0 Å². The topological polar surface area (TPSA) is 85.6 Å². The lowest BCUT2D eigenvalue weighted by Gasteiger charge is -2.53. The Morgan fingerprint density at radius 3 is 1.18 bits per heavy atom. The van der Waals surface area contributed by atoms with Crippen LogP contribution in [0.25, 0.3) is 0 Å². The van der Waals surface area contributed by atoms with Crippen molar-refractivity contribution in [1.29, 1.82) is 0 Å². The Bertz CT molecular complexity index is 453. The number of hydrogen-bond acceptors (Lipinski definition) is 7. The molecule has 0 bridgehead atoms. The average Bonchev–Trinajstić information content (AvgIpc) is 2.40. The number of piperidine rings is 2. The summed E-state index contributed by atoms with van der Waals surface area (Å²) >= 11 is 0. The zero-order valence-electron chi connectivity index (χ0n) is 19.0. The first-order chi connectivity index (χ1) is 12.6. The molecular weight excluding hydrogens is 360 g/mol. The van der Waals surface area contributed by atoms with Gasteiger partial charge in [0.05, 0.1) is 25.4 Å². The summed E-state index contributed by atoms with van der Waals surface area (Å²) in [6, 6.07) is 0. The van der Waals surface area contributed by atoms with Crippen molar-refractivity contribution < 1.29 is 25.0 Å². The van der Waals surface area contributed by atoms with Crippen LogP contribution in [0.4, 0.5) is 0 Å². The Hall–Kier alpha value is -0.280. The fourth-order valence-corrected chi connectivity index (χ4v) is 5.49. The molecule has 166 valence electrons. The molecule has 2 aliphatic heterocycles. The van der Waals surface area contributed by atoms with Gasteiger partial charge in [-0.2, -0.15) is 10.1 Å². The molecule has 0 amide bonds. The molecule has 0 aromatic heterocycles. The number of nitrogens with zero attached hydrogens (tertiary/aromatic N) is 2. The van der Waals surface area contributed by atoms with Crippen LogP contribution in [0.15, 0.2) is 0 Å². The Kier molecular flexibility index (Phi) is 6.94. The predicted octanol–water partition coefficient (Wildman–Crippen LogP) is 2.24. The molecule has 3 N–H and O–H groups in total. The lowest BCUT2D eigenvalue weighted by Crippen LogP contribution is -2.62. The minimum absolute atomic E-state index is 0.125. The summed E-state index contributed by atoms with van der Waals surface area (Å²) in [5.74, 6) is 0. The molecule has 0 aromatic carbocycles. The number of hydrogen-bond donors (Lipinski definition) is 3. The molecule has 0 aliphatic carbocycles. The predicted molar refractivity (Wildman–Crippen MR) is 108 cm³/mol. The fourth-order valence-electron chi connectivity index (χ4n) is 5.49. The van der Waals surface area contributed by atoms with E-state index < -0.39 is 6.10 Å². The Labute approximate surface area is 170 Å². The molecule has 2 saturated heterocycles. The molecule has 0 unspecified atom stereocenters. The lowest BCUT2D eigenvalue weighted by atomic mass is 9.80. The van der Waals surface area contributed by atoms with Crippen LogP contribution in [-0.2, 0) is 9.68 Å². The highest BCUT2D eigenvalue weighted by molar-refractivity contribution is 4.97. The fraction of sp³-hybridized carbons (Fsp3) is 1.00. The van der Waals surface area contributed by atoms with E-state index in [9.17, 15) is 15.3 Å². The van der Waals surface area contributed by atoms with Gasteiger partial charge in [0.25, 0.3) is 0 Å². The molecule has 2 heterocycles. The van der Waals surface area contributed by atoms with Crippen LogP contribution < -0.4 is 0 Å². The van der Waals surface area contributed by atoms with Gasteiger partial charge in [0.15, 0.2) is 0 Å². The van der Waals surface area contributed by atoms with Crippen LogP contribution >= 0.6 is 0 Å². The highest BCUT2D eigenvalue weighted by Gasteiger charge is 2.47. The summed E-state index contributed by atoms with van der Waals surface area (Å²) in [7, 11) is 0. The molecule has 2 fully saturated rings. The van der Waals surface area contributed by atoms with Gasteiger partial charge in [-0.1, -0.05) is 0 Å². The van der Waals surface area contributed by atoms with Gasteiger partial charge in [-0.25, -0.2) is 0 Å². The smallest absolute Gasteiger partial charge is 0.105 e. The van der Waals surface area contributed by atoms with E-state index in [1.807, 2.05) is 65.5 Å². The van der Waals surface area contributed by atoms with E-state index in [4.69, 9.17) is 9.68 Å². The molecule has 0 spiro atoms. The van der Waals surface area contributed by atoms with Crippen molar-refractivity contribution in [1.82, 2.24) is 10.1 Å². The molecule has 7 nitrogen and oxygen atoms in total. The lowest BCUT2D eigenvalue weighted by molar-refractivity contribution is -0.320. The monoisotopic (exact) mass is 402 g/mol. The second-order valence-electron chi connectivity index (χ2n) is 11.2. The van der Waals surface area contributed by atoms with Crippen molar-refractivity contribution in [3.63, 3.8) is 0 Å². The minimum atomic E-state index is -0.781. The molecule has 0 radical (unpaired) electrons. The highest BCUT2D eigenvalue weighted by atomic mass is 16.7. The van der Waals surface area contributed by atoms with Crippen LogP contribution in [0.3, 0.4) is 0 Å². The maximum atomic E-state index is 10.5. The van der Waals surface area contributed by atoms with E-state index in [0.717, 1.165) is 0 Å². The van der Waals surface area contributed by atoms with Gasteiger partial charge in [-0.05, 0) is 81.1 Å². The largest absolute Gasteiger partial charge is 0.393 e. The van der Waals surface area contributed by atoms with Gasteiger partial charge >= 0.3 is 0 Å². The summed E-state index contributed by atoms with van der Waals surface area (Å²) in [5.41, 5.74) is -1.30. The third kappa shape index (κ3) is 5.45. The zero-order chi connectivity index (χ0) is 21.5. The Balaban J connectivity index is 1.93. The third-order valence-corrected chi connectivity index (χ3v) is 5.93. The second kappa shape index (κ2) is 8.10. The van der Waals surface area contributed by atoms with Gasteiger partial charge in [-0.3, -0.25) is 9.68 Å². The second-order valence-corrected chi connectivity index (χ2v) is 11.2. The zero-order valence-corrected chi connectivity index (χ0v) is 19.0.